The molecule has 0 amide bonds. The standard InChI is InChI=1S/C36H38F8/c37-29-19-28(34(41)36(43)44)20-30(38)33(29)26-15-11-24(12-16-26)8-6-22-3-1-21(2-4-22)5-7-23-9-13-25(14-10-23)27-17-31(39)35(42)32(40)18-27/h5-8,17-26H,1-4,9-16H2/b7-5+,8-6+. The molecule has 5 rings (SSSR count). The molecule has 8 heteroatoms. The minimum atomic E-state index is -2.60. The number of allylic oxidation sites excluding steroid dienone is 4. The Kier molecular flexibility index (Phi) is 10.7. The molecule has 0 heterocycles. The van der Waals surface area contributed by atoms with Crippen LogP contribution in [0.15, 0.2) is 54.7 Å². The van der Waals surface area contributed by atoms with E-state index in [0.29, 0.717) is 54.2 Å². The lowest BCUT2D eigenvalue weighted by Gasteiger charge is -2.29. The van der Waals surface area contributed by atoms with Crippen molar-refractivity contribution < 1.29 is 35.1 Å². The van der Waals surface area contributed by atoms with Gasteiger partial charge in [-0.05, 0) is 142 Å². The first-order valence-corrected chi connectivity index (χ1v) is 15.8. The maximum Gasteiger partial charge on any atom is 0.306 e. The summed E-state index contributed by atoms with van der Waals surface area (Å²) in [5.41, 5.74) is -0.378. The molecular weight excluding hydrogens is 584 g/mol. The first kappa shape index (κ1) is 32.5. The van der Waals surface area contributed by atoms with Gasteiger partial charge in [0.15, 0.2) is 23.3 Å². The topological polar surface area (TPSA) is 0 Å². The highest BCUT2D eigenvalue weighted by Gasteiger charge is 2.28. The van der Waals surface area contributed by atoms with Gasteiger partial charge in [0.2, 0.25) is 0 Å². The first-order valence-electron chi connectivity index (χ1n) is 15.8. The molecular formula is C36H38F8. The zero-order chi connectivity index (χ0) is 31.4. The maximum absolute atomic E-state index is 14.6. The highest BCUT2D eigenvalue weighted by molar-refractivity contribution is 5.60. The van der Waals surface area contributed by atoms with E-state index in [0.717, 1.165) is 76.3 Å². The van der Waals surface area contributed by atoms with Gasteiger partial charge in [0.1, 0.15) is 11.6 Å². The van der Waals surface area contributed by atoms with E-state index in [1.54, 1.807) is 0 Å². The van der Waals surface area contributed by atoms with E-state index < -0.39 is 46.6 Å². The van der Waals surface area contributed by atoms with E-state index in [4.69, 9.17) is 0 Å². The van der Waals surface area contributed by atoms with Gasteiger partial charge in [-0.1, -0.05) is 24.3 Å². The van der Waals surface area contributed by atoms with E-state index >= 15 is 0 Å². The summed E-state index contributed by atoms with van der Waals surface area (Å²) in [6.45, 7) is 0. The second-order valence-corrected chi connectivity index (χ2v) is 12.9. The van der Waals surface area contributed by atoms with Crippen LogP contribution < -0.4 is 0 Å². The molecule has 0 radical (unpaired) electrons. The minimum absolute atomic E-state index is 0.0550. The van der Waals surface area contributed by atoms with Gasteiger partial charge in [-0.25, -0.2) is 26.3 Å². The second-order valence-electron chi connectivity index (χ2n) is 12.9. The van der Waals surface area contributed by atoms with Crippen LogP contribution in [0.3, 0.4) is 0 Å². The van der Waals surface area contributed by atoms with Gasteiger partial charge in [0.25, 0.3) is 0 Å². The van der Waals surface area contributed by atoms with Crippen molar-refractivity contribution in [3.8, 4) is 0 Å². The van der Waals surface area contributed by atoms with Gasteiger partial charge in [0, 0.05) is 11.1 Å². The van der Waals surface area contributed by atoms with Gasteiger partial charge in [0.05, 0.1) is 0 Å². The lowest BCUT2D eigenvalue weighted by Crippen LogP contribution is -2.16. The molecule has 3 aliphatic rings. The molecule has 0 N–H and O–H groups in total. The normalized spacial score (nSPS) is 28.1. The lowest BCUT2D eigenvalue weighted by molar-refractivity contribution is 0.340. The van der Waals surface area contributed by atoms with E-state index in [1.807, 2.05) is 0 Å². The van der Waals surface area contributed by atoms with Crippen molar-refractivity contribution in [1.82, 2.24) is 0 Å². The van der Waals surface area contributed by atoms with Crippen molar-refractivity contribution in [3.05, 3.63) is 100 Å². The molecule has 0 spiro atoms. The van der Waals surface area contributed by atoms with E-state index in [9.17, 15) is 35.1 Å². The number of rotatable bonds is 7. The van der Waals surface area contributed by atoms with Crippen LogP contribution in [0.1, 0.15) is 106 Å². The predicted molar refractivity (Wildman–Crippen MR) is 156 cm³/mol. The van der Waals surface area contributed by atoms with E-state index in [1.165, 1.54) is 0 Å². The molecule has 0 saturated heterocycles. The fraction of sp³-hybridized carbons (Fsp3) is 0.500. The average Bonchev–Trinajstić information content (AvgIpc) is 3.02. The van der Waals surface area contributed by atoms with Crippen molar-refractivity contribution in [2.24, 2.45) is 23.7 Å². The number of hydrogen-bond donors (Lipinski definition) is 0. The fourth-order valence-corrected chi connectivity index (χ4v) is 7.42. The Labute approximate surface area is 253 Å². The summed E-state index contributed by atoms with van der Waals surface area (Å²) in [7, 11) is 0. The van der Waals surface area contributed by atoms with Gasteiger partial charge in [-0.3, -0.25) is 0 Å². The summed E-state index contributed by atoms with van der Waals surface area (Å²) in [6, 6.07) is 3.56. The molecule has 0 aliphatic heterocycles. The third-order valence-corrected chi connectivity index (χ3v) is 10.1. The van der Waals surface area contributed by atoms with Crippen LogP contribution in [0, 0.1) is 52.8 Å². The van der Waals surface area contributed by atoms with Crippen molar-refractivity contribution in [2.75, 3.05) is 0 Å². The van der Waals surface area contributed by atoms with Gasteiger partial charge in [-0.2, -0.15) is 8.78 Å². The quantitative estimate of drug-likeness (QED) is 0.164. The van der Waals surface area contributed by atoms with Crippen molar-refractivity contribution in [1.29, 1.82) is 0 Å². The molecule has 3 aliphatic carbocycles. The molecule has 3 fully saturated rings. The maximum atomic E-state index is 14.6. The van der Waals surface area contributed by atoms with Gasteiger partial charge < -0.3 is 0 Å². The molecule has 3 saturated carbocycles. The monoisotopic (exact) mass is 622 g/mol. The second kappa shape index (κ2) is 14.5. The Morgan fingerprint density at radius 2 is 0.841 bits per heavy atom. The minimum Gasteiger partial charge on any atom is -0.207 e. The summed E-state index contributed by atoms with van der Waals surface area (Å²) in [5.74, 6) is -6.01. The van der Waals surface area contributed by atoms with Crippen LogP contribution in [0.25, 0.3) is 5.83 Å². The molecule has 0 atom stereocenters. The third kappa shape index (κ3) is 7.84. The highest BCUT2D eigenvalue weighted by atomic mass is 19.3. The molecule has 0 bridgehead atoms. The zero-order valence-corrected chi connectivity index (χ0v) is 24.6. The van der Waals surface area contributed by atoms with Crippen LogP contribution in [-0.4, -0.2) is 0 Å². The third-order valence-electron chi connectivity index (χ3n) is 10.1. The van der Waals surface area contributed by atoms with E-state index in [-0.39, 0.29) is 17.4 Å². The highest BCUT2D eigenvalue weighted by Crippen LogP contribution is 2.41. The molecule has 0 aromatic heterocycles. The molecule has 238 valence electrons. The number of hydrogen-bond acceptors (Lipinski definition) is 0. The zero-order valence-electron chi connectivity index (χ0n) is 24.6. The SMILES string of the molecule is FC(F)=C(F)c1cc(F)c(C2CCC(/C=C/C3CCC(/C=C/C4CCC(c5cc(F)c(F)c(F)c5)CC4)CC3)CC2)c(F)c1. The first-order chi connectivity index (χ1) is 21.1. The number of benzene rings is 2. The van der Waals surface area contributed by atoms with Crippen molar-refractivity contribution in [3.63, 3.8) is 0 Å². The Morgan fingerprint density at radius 1 is 0.477 bits per heavy atom. The van der Waals surface area contributed by atoms with Crippen LogP contribution in [0.2, 0.25) is 0 Å². The summed E-state index contributed by atoms with van der Waals surface area (Å²) in [5, 5.41) is 0. The smallest absolute Gasteiger partial charge is 0.207 e. The molecule has 2 aromatic rings. The summed E-state index contributed by atoms with van der Waals surface area (Å²) in [6.07, 6.45) is 17.3. The lowest BCUT2D eigenvalue weighted by atomic mass is 9.76. The molecule has 0 nitrogen and oxygen atoms in total. The summed E-state index contributed by atoms with van der Waals surface area (Å²) >= 11 is 0. The van der Waals surface area contributed by atoms with Gasteiger partial charge in [-0.15, -0.1) is 0 Å². The largest absolute Gasteiger partial charge is 0.306 e. The Balaban J connectivity index is 1.03. The number of halogens is 8. The molecule has 44 heavy (non-hydrogen) atoms. The van der Waals surface area contributed by atoms with Crippen molar-refractivity contribution in [2.45, 2.75) is 88.9 Å². The van der Waals surface area contributed by atoms with E-state index in [2.05, 4.69) is 24.3 Å². The predicted octanol–water partition coefficient (Wildman–Crippen LogP) is 12.1. The summed E-state index contributed by atoms with van der Waals surface area (Å²) < 4.78 is 108. The van der Waals surface area contributed by atoms with Gasteiger partial charge >= 0.3 is 6.08 Å². The molecule has 0 unspecified atom stereocenters. The van der Waals surface area contributed by atoms with Crippen LogP contribution in [0.4, 0.5) is 35.1 Å². The Hall–Kier alpha value is -2.90. The van der Waals surface area contributed by atoms with Crippen LogP contribution in [-0.2, 0) is 0 Å². The fourth-order valence-electron chi connectivity index (χ4n) is 7.42. The van der Waals surface area contributed by atoms with Crippen LogP contribution in [0.5, 0.6) is 0 Å². The summed E-state index contributed by atoms with van der Waals surface area (Å²) in [4.78, 5) is 0. The molecule has 2 aromatic carbocycles. The van der Waals surface area contributed by atoms with Crippen molar-refractivity contribution >= 4 is 5.83 Å². The Morgan fingerprint density at radius 3 is 1.23 bits per heavy atom. The van der Waals surface area contributed by atoms with Crippen LogP contribution >= 0.6 is 0 Å². The average molecular weight is 623 g/mol. The Bertz CT molecular complexity index is 1330.